The van der Waals surface area contributed by atoms with E-state index in [1.807, 2.05) is 13.0 Å². The Balaban J connectivity index is 1.86. The standard InChI is InChI=1S/C14H18N4O3/c1-9-11(17-4-5-21-8-14(17)20)2-3-12(16-9)18-7-10(15)6-13(18)19/h2-3,10H,4-8,15H2,1H3. The van der Waals surface area contributed by atoms with Gasteiger partial charge in [0, 0.05) is 25.6 Å². The van der Waals surface area contributed by atoms with Crippen LogP contribution in [0.4, 0.5) is 11.5 Å². The summed E-state index contributed by atoms with van der Waals surface area (Å²) in [4.78, 5) is 31.5. The molecule has 1 atom stereocenters. The van der Waals surface area contributed by atoms with Gasteiger partial charge in [0.1, 0.15) is 12.4 Å². The van der Waals surface area contributed by atoms with Crippen molar-refractivity contribution >= 4 is 23.3 Å². The summed E-state index contributed by atoms with van der Waals surface area (Å²) in [6.45, 7) is 3.46. The van der Waals surface area contributed by atoms with E-state index in [1.54, 1.807) is 15.9 Å². The molecule has 0 aromatic carbocycles. The maximum Gasteiger partial charge on any atom is 0.253 e. The molecule has 1 aromatic heterocycles. The number of amides is 2. The zero-order chi connectivity index (χ0) is 15.0. The van der Waals surface area contributed by atoms with Crippen molar-refractivity contribution in [1.29, 1.82) is 0 Å². The van der Waals surface area contributed by atoms with Gasteiger partial charge in [-0.3, -0.25) is 14.5 Å². The molecular weight excluding hydrogens is 272 g/mol. The predicted molar refractivity (Wildman–Crippen MR) is 77.1 cm³/mol. The second-order valence-corrected chi connectivity index (χ2v) is 5.34. The number of nitrogens with zero attached hydrogens (tertiary/aromatic N) is 3. The third-order valence-electron chi connectivity index (χ3n) is 3.75. The molecule has 1 unspecified atom stereocenters. The molecule has 0 radical (unpaired) electrons. The molecule has 1 aromatic rings. The van der Waals surface area contributed by atoms with E-state index < -0.39 is 0 Å². The van der Waals surface area contributed by atoms with E-state index in [0.717, 1.165) is 11.4 Å². The Morgan fingerprint density at radius 2 is 2.10 bits per heavy atom. The number of rotatable bonds is 2. The van der Waals surface area contributed by atoms with E-state index in [0.29, 0.717) is 31.9 Å². The van der Waals surface area contributed by atoms with E-state index in [9.17, 15) is 9.59 Å². The highest BCUT2D eigenvalue weighted by molar-refractivity contribution is 5.97. The first-order valence-electron chi connectivity index (χ1n) is 6.98. The smallest absolute Gasteiger partial charge is 0.253 e. The molecule has 2 saturated heterocycles. The minimum Gasteiger partial charge on any atom is -0.370 e. The minimum absolute atomic E-state index is 0.00963. The average molecular weight is 290 g/mol. The van der Waals surface area contributed by atoms with E-state index in [1.165, 1.54) is 0 Å². The molecule has 21 heavy (non-hydrogen) atoms. The van der Waals surface area contributed by atoms with Crippen molar-refractivity contribution in [3.8, 4) is 0 Å². The highest BCUT2D eigenvalue weighted by Crippen LogP contribution is 2.25. The van der Waals surface area contributed by atoms with Crippen molar-refractivity contribution in [2.45, 2.75) is 19.4 Å². The molecule has 3 rings (SSSR count). The van der Waals surface area contributed by atoms with Gasteiger partial charge in [0.25, 0.3) is 5.91 Å². The van der Waals surface area contributed by atoms with Crippen LogP contribution >= 0.6 is 0 Å². The Morgan fingerprint density at radius 3 is 2.71 bits per heavy atom. The number of hydrogen-bond donors (Lipinski definition) is 1. The molecule has 0 saturated carbocycles. The van der Waals surface area contributed by atoms with Crippen LogP contribution < -0.4 is 15.5 Å². The fraction of sp³-hybridized carbons (Fsp3) is 0.500. The topological polar surface area (TPSA) is 88.8 Å². The number of aromatic nitrogens is 1. The number of morpholine rings is 1. The number of ether oxygens (including phenoxy) is 1. The summed E-state index contributed by atoms with van der Waals surface area (Å²) in [6, 6.07) is 3.46. The second-order valence-electron chi connectivity index (χ2n) is 5.34. The fourth-order valence-corrected chi connectivity index (χ4v) is 2.71. The third kappa shape index (κ3) is 2.62. The van der Waals surface area contributed by atoms with Gasteiger partial charge in [-0.05, 0) is 19.1 Å². The fourth-order valence-electron chi connectivity index (χ4n) is 2.71. The third-order valence-corrected chi connectivity index (χ3v) is 3.75. The van der Waals surface area contributed by atoms with Crippen LogP contribution in [-0.2, 0) is 14.3 Å². The summed E-state index contributed by atoms with van der Waals surface area (Å²) >= 11 is 0. The van der Waals surface area contributed by atoms with Gasteiger partial charge in [0.2, 0.25) is 5.91 Å². The number of nitrogens with two attached hydrogens (primary N) is 1. The molecular formula is C14H18N4O3. The van der Waals surface area contributed by atoms with Crippen LogP contribution in [0.1, 0.15) is 12.1 Å². The van der Waals surface area contributed by atoms with Crippen molar-refractivity contribution in [3.63, 3.8) is 0 Å². The number of carbonyl (C=O) groups is 2. The Kier molecular flexibility index (Phi) is 3.60. The molecule has 7 nitrogen and oxygen atoms in total. The summed E-state index contributed by atoms with van der Waals surface area (Å²) < 4.78 is 5.13. The first-order valence-corrected chi connectivity index (χ1v) is 6.98. The molecule has 2 amide bonds. The van der Waals surface area contributed by atoms with Crippen molar-refractivity contribution < 1.29 is 14.3 Å². The summed E-state index contributed by atoms with van der Waals surface area (Å²) in [5.74, 6) is 0.512. The van der Waals surface area contributed by atoms with E-state index in [4.69, 9.17) is 10.5 Å². The van der Waals surface area contributed by atoms with Gasteiger partial charge >= 0.3 is 0 Å². The van der Waals surface area contributed by atoms with Gasteiger partial charge in [-0.2, -0.15) is 0 Å². The van der Waals surface area contributed by atoms with Gasteiger partial charge in [0.15, 0.2) is 0 Å². The number of hydrogen-bond acceptors (Lipinski definition) is 5. The summed E-state index contributed by atoms with van der Waals surface area (Å²) in [5.41, 5.74) is 7.28. The summed E-state index contributed by atoms with van der Waals surface area (Å²) in [5, 5.41) is 0. The number of pyridine rings is 1. The molecule has 2 fully saturated rings. The summed E-state index contributed by atoms with van der Waals surface area (Å²) in [6.07, 6.45) is 0.352. The molecule has 2 aliphatic heterocycles. The van der Waals surface area contributed by atoms with E-state index in [2.05, 4.69) is 4.98 Å². The van der Waals surface area contributed by atoms with Crippen LogP contribution in [0, 0.1) is 6.92 Å². The SMILES string of the molecule is Cc1nc(N2CC(N)CC2=O)ccc1N1CCOCC1=O. The zero-order valence-corrected chi connectivity index (χ0v) is 11.9. The van der Waals surface area contributed by atoms with Crippen molar-refractivity contribution in [3.05, 3.63) is 17.8 Å². The normalized spacial score (nSPS) is 23.0. The Hall–Kier alpha value is -1.99. The molecule has 7 heteroatoms. The van der Waals surface area contributed by atoms with Crippen molar-refractivity contribution in [2.75, 3.05) is 36.1 Å². The first kappa shape index (κ1) is 14.0. The van der Waals surface area contributed by atoms with E-state index in [-0.39, 0.29) is 24.5 Å². The van der Waals surface area contributed by atoms with Crippen LogP contribution in [0.3, 0.4) is 0 Å². The number of aryl methyl sites for hydroxylation is 1. The zero-order valence-electron chi connectivity index (χ0n) is 11.9. The Labute approximate surface area is 122 Å². The molecule has 2 aliphatic rings. The second kappa shape index (κ2) is 5.42. The van der Waals surface area contributed by atoms with Gasteiger partial charge in [-0.15, -0.1) is 0 Å². The maximum atomic E-state index is 11.9. The lowest BCUT2D eigenvalue weighted by molar-refractivity contribution is -0.125. The van der Waals surface area contributed by atoms with Gasteiger partial charge in [-0.1, -0.05) is 0 Å². The summed E-state index contributed by atoms with van der Waals surface area (Å²) in [7, 11) is 0. The van der Waals surface area contributed by atoms with E-state index >= 15 is 0 Å². The number of anilines is 2. The van der Waals surface area contributed by atoms with Crippen molar-refractivity contribution in [2.24, 2.45) is 5.73 Å². The average Bonchev–Trinajstić information content (AvgIpc) is 2.79. The van der Waals surface area contributed by atoms with Gasteiger partial charge in [-0.25, -0.2) is 4.98 Å². The minimum atomic E-state index is -0.139. The van der Waals surface area contributed by atoms with Crippen molar-refractivity contribution in [1.82, 2.24) is 4.98 Å². The van der Waals surface area contributed by atoms with Crippen LogP contribution in [-0.4, -0.2) is 49.1 Å². The first-order chi connectivity index (χ1) is 10.1. The lowest BCUT2D eigenvalue weighted by Crippen LogP contribution is -2.42. The highest BCUT2D eigenvalue weighted by Gasteiger charge is 2.29. The predicted octanol–water partition coefficient (Wildman–Crippen LogP) is -0.183. The highest BCUT2D eigenvalue weighted by atomic mass is 16.5. The van der Waals surface area contributed by atoms with Crippen LogP contribution in [0.2, 0.25) is 0 Å². The Morgan fingerprint density at radius 1 is 1.29 bits per heavy atom. The monoisotopic (exact) mass is 290 g/mol. The number of carbonyl (C=O) groups excluding carboxylic acids is 2. The lowest BCUT2D eigenvalue weighted by Gasteiger charge is -2.28. The van der Waals surface area contributed by atoms with Gasteiger partial charge in [0.05, 0.1) is 18.0 Å². The Bertz CT molecular complexity index is 590. The molecule has 112 valence electrons. The molecule has 3 heterocycles. The van der Waals surface area contributed by atoms with Gasteiger partial charge < -0.3 is 15.4 Å². The quantitative estimate of drug-likeness (QED) is 0.816. The molecule has 0 aliphatic carbocycles. The van der Waals surface area contributed by atoms with Crippen LogP contribution in [0.5, 0.6) is 0 Å². The maximum absolute atomic E-state index is 11.9. The molecule has 0 spiro atoms. The largest absolute Gasteiger partial charge is 0.370 e. The van der Waals surface area contributed by atoms with Crippen LogP contribution in [0.15, 0.2) is 12.1 Å². The molecule has 0 bridgehead atoms. The lowest BCUT2D eigenvalue weighted by atomic mass is 10.2. The molecule has 2 N–H and O–H groups in total. The van der Waals surface area contributed by atoms with Crippen LogP contribution in [0.25, 0.3) is 0 Å².